The number of nitrogens with one attached hydrogen (secondary N) is 1. The van der Waals surface area contributed by atoms with Gasteiger partial charge in [0.2, 0.25) is 5.43 Å². The van der Waals surface area contributed by atoms with Gasteiger partial charge in [0.1, 0.15) is 5.56 Å². The molecule has 0 unspecified atom stereocenters. The zero-order chi connectivity index (χ0) is 14.7. The fourth-order valence-electron chi connectivity index (χ4n) is 2.27. The van der Waals surface area contributed by atoms with Crippen LogP contribution in [0, 0.1) is 6.92 Å². The second-order valence-corrected chi connectivity index (χ2v) is 4.93. The van der Waals surface area contributed by atoms with Crippen LogP contribution in [0.2, 0.25) is 0 Å². The molecule has 4 heteroatoms. The molecule has 0 radical (unpaired) electrons. The number of aryl methyl sites for hydroxylation is 2. The molecule has 1 N–H and O–H groups in total. The van der Waals surface area contributed by atoms with Crippen molar-refractivity contribution >= 4 is 16.8 Å². The second kappa shape index (κ2) is 5.90. The molecule has 1 aromatic heterocycles. The Balaban J connectivity index is 2.64. The summed E-state index contributed by atoms with van der Waals surface area (Å²) in [5, 5.41) is 3.38. The van der Waals surface area contributed by atoms with Crippen LogP contribution in [0.25, 0.3) is 10.9 Å². The highest BCUT2D eigenvalue weighted by Gasteiger charge is 2.14. The third-order valence-corrected chi connectivity index (χ3v) is 3.36. The topological polar surface area (TPSA) is 51.1 Å². The zero-order valence-corrected chi connectivity index (χ0v) is 12.2. The first-order chi connectivity index (χ1) is 9.58. The van der Waals surface area contributed by atoms with Crippen LogP contribution in [0.4, 0.5) is 0 Å². The van der Waals surface area contributed by atoms with Crippen LogP contribution >= 0.6 is 0 Å². The minimum Gasteiger partial charge on any atom is -0.352 e. The van der Waals surface area contributed by atoms with Gasteiger partial charge in [-0.3, -0.25) is 9.59 Å². The van der Waals surface area contributed by atoms with E-state index in [0.29, 0.717) is 18.5 Å². The van der Waals surface area contributed by atoms with E-state index in [0.717, 1.165) is 17.5 Å². The molecule has 0 spiro atoms. The molecule has 4 nitrogen and oxygen atoms in total. The minimum absolute atomic E-state index is 0.193. The Hall–Kier alpha value is -2.10. The number of pyridine rings is 1. The van der Waals surface area contributed by atoms with Crippen LogP contribution in [0.1, 0.15) is 36.2 Å². The largest absolute Gasteiger partial charge is 0.352 e. The Morgan fingerprint density at radius 3 is 2.70 bits per heavy atom. The lowest BCUT2D eigenvalue weighted by atomic mass is 10.1. The molecule has 0 saturated heterocycles. The molecule has 0 fully saturated rings. The van der Waals surface area contributed by atoms with E-state index in [-0.39, 0.29) is 16.9 Å². The number of hydrogen-bond donors (Lipinski definition) is 1. The van der Waals surface area contributed by atoms with Crippen LogP contribution in [-0.4, -0.2) is 17.0 Å². The molecule has 2 aromatic rings. The highest BCUT2D eigenvalue weighted by molar-refractivity contribution is 5.97. The van der Waals surface area contributed by atoms with Crippen molar-refractivity contribution in [2.45, 2.75) is 33.7 Å². The first kappa shape index (κ1) is 14.3. The Morgan fingerprint density at radius 2 is 2.05 bits per heavy atom. The summed E-state index contributed by atoms with van der Waals surface area (Å²) >= 11 is 0. The molecule has 106 valence electrons. The van der Waals surface area contributed by atoms with Crippen LogP contribution in [0.3, 0.4) is 0 Å². The lowest BCUT2D eigenvalue weighted by Gasteiger charge is -2.12. The Labute approximate surface area is 118 Å². The van der Waals surface area contributed by atoms with Crippen LogP contribution in [-0.2, 0) is 6.54 Å². The average Bonchev–Trinajstić information content (AvgIpc) is 2.45. The van der Waals surface area contributed by atoms with Crippen LogP contribution in [0.5, 0.6) is 0 Å². The van der Waals surface area contributed by atoms with Crippen molar-refractivity contribution in [1.29, 1.82) is 0 Å². The van der Waals surface area contributed by atoms with E-state index >= 15 is 0 Å². The predicted molar refractivity (Wildman–Crippen MR) is 81.2 cm³/mol. The van der Waals surface area contributed by atoms with Gasteiger partial charge in [0, 0.05) is 24.7 Å². The fourth-order valence-corrected chi connectivity index (χ4v) is 2.27. The number of carbonyl (C=O) groups is 1. The molecular weight excluding hydrogens is 252 g/mol. The lowest BCUT2D eigenvalue weighted by molar-refractivity contribution is 0.0952. The van der Waals surface area contributed by atoms with E-state index in [1.165, 1.54) is 0 Å². The van der Waals surface area contributed by atoms with E-state index in [2.05, 4.69) is 5.32 Å². The molecule has 1 aromatic carbocycles. The average molecular weight is 272 g/mol. The maximum Gasteiger partial charge on any atom is 0.256 e. The third-order valence-electron chi connectivity index (χ3n) is 3.36. The third kappa shape index (κ3) is 2.59. The van der Waals surface area contributed by atoms with E-state index in [1.54, 1.807) is 6.20 Å². The van der Waals surface area contributed by atoms with Gasteiger partial charge in [-0.2, -0.15) is 0 Å². The Kier molecular flexibility index (Phi) is 4.23. The van der Waals surface area contributed by atoms with Gasteiger partial charge in [0.25, 0.3) is 5.91 Å². The molecular formula is C16H20N2O2. The number of carbonyl (C=O) groups excluding carboxylic acids is 1. The van der Waals surface area contributed by atoms with Crippen molar-refractivity contribution in [2.24, 2.45) is 0 Å². The Bertz CT molecular complexity index is 701. The van der Waals surface area contributed by atoms with Crippen molar-refractivity contribution in [3.63, 3.8) is 0 Å². The molecule has 0 saturated carbocycles. The van der Waals surface area contributed by atoms with Gasteiger partial charge in [0.05, 0.1) is 5.52 Å². The number of amides is 1. The van der Waals surface area contributed by atoms with E-state index in [1.807, 2.05) is 43.5 Å². The smallest absolute Gasteiger partial charge is 0.256 e. The van der Waals surface area contributed by atoms with Crippen molar-refractivity contribution in [3.8, 4) is 0 Å². The zero-order valence-electron chi connectivity index (χ0n) is 12.2. The first-order valence-electron chi connectivity index (χ1n) is 7.00. The van der Waals surface area contributed by atoms with Gasteiger partial charge in [-0.25, -0.2) is 0 Å². The summed E-state index contributed by atoms with van der Waals surface area (Å²) in [4.78, 5) is 24.6. The summed E-state index contributed by atoms with van der Waals surface area (Å²) in [6.07, 6.45) is 2.51. The molecule has 1 amide bonds. The molecule has 20 heavy (non-hydrogen) atoms. The molecule has 0 aliphatic rings. The summed E-state index contributed by atoms with van der Waals surface area (Å²) in [5.74, 6) is -0.289. The van der Waals surface area contributed by atoms with Crippen molar-refractivity contribution < 1.29 is 4.79 Å². The number of aromatic nitrogens is 1. The van der Waals surface area contributed by atoms with Crippen LogP contribution in [0.15, 0.2) is 29.2 Å². The molecule has 0 atom stereocenters. The summed E-state index contributed by atoms with van der Waals surface area (Å²) in [6.45, 7) is 7.22. The van der Waals surface area contributed by atoms with Gasteiger partial charge < -0.3 is 9.88 Å². The molecule has 2 rings (SSSR count). The summed E-state index contributed by atoms with van der Waals surface area (Å²) in [6, 6.07) is 5.76. The quantitative estimate of drug-likeness (QED) is 0.929. The highest BCUT2D eigenvalue weighted by Crippen LogP contribution is 2.14. The lowest BCUT2D eigenvalue weighted by Crippen LogP contribution is -2.30. The van der Waals surface area contributed by atoms with Crippen molar-refractivity contribution in [2.75, 3.05) is 6.54 Å². The summed E-state index contributed by atoms with van der Waals surface area (Å²) < 4.78 is 1.94. The number of rotatable bonds is 4. The van der Waals surface area contributed by atoms with E-state index in [9.17, 15) is 9.59 Å². The number of nitrogens with zero attached hydrogens (tertiary/aromatic N) is 1. The number of hydrogen-bond acceptors (Lipinski definition) is 2. The highest BCUT2D eigenvalue weighted by atomic mass is 16.2. The predicted octanol–water partition coefficient (Wildman–Crippen LogP) is 2.47. The van der Waals surface area contributed by atoms with Gasteiger partial charge >= 0.3 is 0 Å². The molecule has 0 aliphatic carbocycles. The monoisotopic (exact) mass is 272 g/mol. The summed E-state index contributed by atoms with van der Waals surface area (Å²) in [7, 11) is 0. The number of benzene rings is 1. The maximum atomic E-state index is 12.5. The minimum atomic E-state index is -0.289. The maximum absolute atomic E-state index is 12.5. The van der Waals surface area contributed by atoms with Gasteiger partial charge in [0.15, 0.2) is 0 Å². The van der Waals surface area contributed by atoms with E-state index in [4.69, 9.17) is 0 Å². The van der Waals surface area contributed by atoms with Crippen molar-refractivity contribution in [1.82, 2.24) is 9.88 Å². The Morgan fingerprint density at radius 1 is 1.30 bits per heavy atom. The van der Waals surface area contributed by atoms with Gasteiger partial charge in [-0.1, -0.05) is 18.6 Å². The van der Waals surface area contributed by atoms with Crippen LogP contribution < -0.4 is 10.7 Å². The fraction of sp³-hybridized carbons (Fsp3) is 0.375. The summed E-state index contributed by atoms with van der Waals surface area (Å²) in [5.41, 5.74) is 1.92. The van der Waals surface area contributed by atoms with Gasteiger partial charge in [-0.15, -0.1) is 0 Å². The SMILES string of the molecule is CCCNC(=O)c1cn(CC)c2ccc(C)cc2c1=O. The number of fused-ring (bicyclic) bond motifs is 1. The first-order valence-corrected chi connectivity index (χ1v) is 7.00. The normalized spacial score (nSPS) is 10.8. The van der Waals surface area contributed by atoms with Gasteiger partial charge in [-0.05, 0) is 32.4 Å². The second-order valence-electron chi connectivity index (χ2n) is 4.93. The molecule has 1 heterocycles. The molecule has 0 bridgehead atoms. The van der Waals surface area contributed by atoms with E-state index < -0.39 is 0 Å². The standard InChI is InChI=1S/C16H20N2O2/c1-4-8-17-16(20)13-10-18(5-2)14-7-6-11(3)9-12(14)15(13)19/h6-7,9-10H,4-5,8H2,1-3H3,(H,17,20). The van der Waals surface area contributed by atoms with Crippen molar-refractivity contribution in [3.05, 3.63) is 45.7 Å². The molecule has 0 aliphatic heterocycles.